The van der Waals surface area contributed by atoms with Crippen LogP contribution in [0.4, 0.5) is 0 Å². The van der Waals surface area contributed by atoms with Gasteiger partial charge >= 0.3 is 0 Å². The summed E-state index contributed by atoms with van der Waals surface area (Å²) in [5, 5.41) is 0. The molecular formula is C14H14. The van der Waals surface area contributed by atoms with Crippen LogP contribution in [0.25, 0.3) is 5.57 Å². The first-order valence-electron chi connectivity index (χ1n) is 5.04. The highest BCUT2D eigenvalue weighted by Gasteiger charge is 2.08. The topological polar surface area (TPSA) is 0 Å². The van der Waals surface area contributed by atoms with Gasteiger partial charge in [0.25, 0.3) is 0 Å². The maximum atomic E-state index is 3.13. The van der Waals surface area contributed by atoms with Gasteiger partial charge in [-0.15, -0.1) is 0 Å². The Morgan fingerprint density at radius 1 is 1.29 bits per heavy atom. The zero-order chi connectivity index (χ0) is 9.97. The van der Waals surface area contributed by atoms with Gasteiger partial charge in [-0.05, 0) is 55.5 Å². The molecule has 0 saturated carbocycles. The van der Waals surface area contributed by atoms with Crippen LogP contribution in [0.15, 0.2) is 29.9 Å². The lowest BCUT2D eigenvalue weighted by Gasteiger charge is -2.14. The maximum Gasteiger partial charge on any atom is 0.00682 e. The van der Waals surface area contributed by atoms with Crippen LogP contribution in [0.2, 0.25) is 0 Å². The van der Waals surface area contributed by atoms with E-state index in [1.807, 2.05) is 6.07 Å². The first-order valence-corrected chi connectivity index (χ1v) is 5.04. The van der Waals surface area contributed by atoms with Crippen LogP contribution in [0.3, 0.4) is 0 Å². The van der Waals surface area contributed by atoms with Gasteiger partial charge in [0.1, 0.15) is 0 Å². The molecule has 0 bridgehead atoms. The fourth-order valence-corrected chi connectivity index (χ4v) is 1.93. The minimum absolute atomic E-state index is 1.15. The molecule has 0 aromatic heterocycles. The highest BCUT2D eigenvalue weighted by molar-refractivity contribution is 5.73. The van der Waals surface area contributed by atoms with E-state index in [4.69, 9.17) is 0 Å². The molecule has 0 fully saturated rings. The van der Waals surface area contributed by atoms with E-state index in [2.05, 4.69) is 44.2 Å². The third kappa shape index (κ3) is 1.59. The Morgan fingerprint density at radius 2 is 2.14 bits per heavy atom. The Bertz CT molecular complexity index is 394. The lowest BCUT2D eigenvalue weighted by molar-refractivity contribution is 1.03. The molecule has 1 aromatic rings. The molecule has 14 heavy (non-hydrogen) atoms. The van der Waals surface area contributed by atoms with Gasteiger partial charge in [0, 0.05) is 5.56 Å². The number of rotatable bonds is 1. The number of hydrogen-bond donors (Lipinski definition) is 0. The van der Waals surface area contributed by atoms with Crippen LogP contribution in [-0.2, 0) is 0 Å². The molecule has 0 nitrogen and oxygen atoms in total. The molecule has 0 saturated heterocycles. The molecule has 0 N–H and O–H groups in total. The molecule has 0 unspecified atom stereocenters. The summed E-state index contributed by atoms with van der Waals surface area (Å²) in [4.78, 5) is 0. The molecule has 2 rings (SSSR count). The molecule has 0 radical (unpaired) electrons. The highest BCUT2D eigenvalue weighted by Crippen LogP contribution is 2.29. The minimum atomic E-state index is 1.15. The second-order valence-electron chi connectivity index (χ2n) is 3.74. The molecule has 0 heteroatoms. The number of allylic oxidation sites excluding steroid dienone is 4. The van der Waals surface area contributed by atoms with Crippen LogP contribution < -0.4 is 0 Å². The van der Waals surface area contributed by atoms with Crippen molar-refractivity contribution in [3.05, 3.63) is 53.1 Å². The first-order chi connectivity index (χ1) is 6.79. The summed E-state index contributed by atoms with van der Waals surface area (Å²) in [5.74, 6) is 0. The summed E-state index contributed by atoms with van der Waals surface area (Å²) in [5.41, 5.74) is 5.40. The van der Waals surface area contributed by atoms with Gasteiger partial charge in [-0.2, -0.15) is 0 Å². The van der Waals surface area contributed by atoms with Crippen LogP contribution in [0.5, 0.6) is 0 Å². The van der Waals surface area contributed by atoms with E-state index in [0.717, 1.165) is 12.8 Å². The fourth-order valence-electron chi connectivity index (χ4n) is 1.93. The molecule has 1 aliphatic carbocycles. The van der Waals surface area contributed by atoms with Gasteiger partial charge in [-0.3, -0.25) is 0 Å². The molecule has 0 amide bonds. The van der Waals surface area contributed by atoms with Gasteiger partial charge in [0.2, 0.25) is 0 Å². The third-order valence-electron chi connectivity index (χ3n) is 2.73. The Balaban J connectivity index is 2.49. The highest BCUT2D eigenvalue weighted by atomic mass is 14.1. The van der Waals surface area contributed by atoms with E-state index in [-0.39, 0.29) is 0 Å². The smallest absolute Gasteiger partial charge is 0.00682 e. The Labute approximate surface area is 86.0 Å². The van der Waals surface area contributed by atoms with Gasteiger partial charge in [-0.25, -0.2) is 0 Å². The van der Waals surface area contributed by atoms with Crippen molar-refractivity contribution < 1.29 is 0 Å². The van der Waals surface area contributed by atoms with Crippen LogP contribution in [-0.4, -0.2) is 0 Å². The monoisotopic (exact) mass is 182 g/mol. The Kier molecular flexibility index (Phi) is 2.41. The van der Waals surface area contributed by atoms with E-state index < -0.39 is 0 Å². The lowest BCUT2D eigenvalue weighted by Crippen LogP contribution is -1.94. The molecule has 70 valence electrons. The van der Waals surface area contributed by atoms with Gasteiger partial charge in [0.15, 0.2) is 0 Å². The summed E-state index contributed by atoms with van der Waals surface area (Å²) in [7, 11) is 0. The predicted octanol–water partition coefficient (Wildman–Crippen LogP) is 3.72. The fraction of sp³-hybridized carbons (Fsp3) is 0.286. The van der Waals surface area contributed by atoms with Crippen molar-refractivity contribution in [2.75, 3.05) is 0 Å². The average Bonchev–Trinajstić information content (AvgIpc) is 2.20. The van der Waals surface area contributed by atoms with Crippen molar-refractivity contribution in [1.82, 2.24) is 0 Å². The molecule has 0 heterocycles. The summed E-state index contributed by atoms with van der Waals surface area (Å²) >= 11 is 0. The van der Waals surface area contributed by atoms with E-state index in [9.17, 15) is 0 Å². The Morgan fingerprint density at radius 3 is 2.86 bits per heavy atom. The van der Waals surface area contributed by atoms with Crippen molar-refractivity contribution in [3.63, 3.8) is 0 Å². The maximum absolute atomic E-state index is 3.13. The standard InChI is InChI=1S/C14H14/c1-11-7-3-5-9-13(11)14-10-6-4-8-12(14)2/h3,6-7,10H,5,9H2,1-2H3. The average molecular weight is 182 g/mol. The second-order valence-corrected chi connectivity index (χ2v) is 3.74. The van der Waals surface area contributed by atoms with Crippen molar-refractivity contribution in [3.8, 4) is 0 Å². The van der Waals surface area contributed by atoms with E-state index in [1.54, 1.807) is 0 Å². The molecule has 0 spiro atoms. The molecular weight excluding hydrogens is 168 g/mol. The lowest BCUT2D eigenvalue weighted by atomic mass is 9.91. The zero-order valence-corrected chi connectivity index (χ0v) is 8.72. The van der Waals surface area contributed by atoms with E-state index >= 15 is 0 Å². The largest absolute Gasteiger partial charge is 0.0839 e. The molecule has 1 aromatic carbocycles. The second kappa shape index (κ2) is 3.72. The summed E-state index contributed by atoms with van der Waals surface area (Å²) in [6.07, 6.45) is 6.77. The van der Waals surface area contributed by atoms with Crippen molar-refractivity contribution in [1.29, 1.82) is 0 Å². The van der Waals surface area contributed by atoms with Gasteiger partial charge in [0.05, 0.1) is 0 Å². The van der Waals surface area contributed by atoms with Gasteiger partial charge in [-0.1, -0.05) is 24.3 Å². The van der Waals surface area contributed by atoms with Crippen molar-refractivity contribution in [2.45, 2.75) is 26.7 Å². The van der Waals surface area contributed by atoms with Crippen molar-refractivity contribution >= 4 is 5.57 Å². The third-order valence-corrected chi connectivity index (χ3v) is 2.73. The van der Waals surface area contributed by atoms with Crippen molar-refractivity contribution in [2.24, 2.45) is 0 Å². The SMILES string of the molecule is CC1=C(c2ccc#cc2C)CCC=C1. The van der Waals surface area contributed by atoms with E-state index in [1.165, 1.54) is 22.3 Å². The predicted molar refractivity (Wildman–Crippen MR) is 59.8 cm³/mol. The number of hydrogen-bond acceptors (Lipinski definition) is 0. The van der Waals surface area contributed by atoms with Crippen LogP contribution >= 0.6 is 0 Å². The minimum Gasteiger partial charge on any atom is -0.0839 e. The molecule has 1 aliphatic rings. The van der Waals surface area contributed by atoms with Gasteiger partial charge < -0.3 is 0 Å². The van der Waals surface area contributed by atoms with E-state index in [0.29, 0.717) is 0 Å². The summed E-state index contributed by atoms with van der Waals surface area (Å²) < 4.78 is 0. The molecule has 0 aliphatic heterocycles. The summed E-state index contributed by atoms with van der Waals surface area (Å²) in [6, 6.07) is 10.2. The summed E-state index contributed by atoms with van der Waals surface area (Å²) in [6.45, 7) is 4.28. The normalized spacial score (nSPS) is 15.6. The van der Waals surface area contributed by atoms with Crippen LogP contribution in [0, 0.1) is 19.1 Å². The van der Waals surface area contributed by atoms with Crippen LogP contribution in [0.1, 0.15) is 30.9 Å². The first kappa shape index (κ1) is 9.09. The quantitative estimate of drug-likeness (QED) is 0.621. The molecule has 0 atom stereocenters. The Hall–Kier alpha value is -1.48. The zero-order valence-electron chi connectivity index (χ0n) is 8.72.